The van der Waals surface area contributed by atoms with Crippen LogP contribution in [0.5, 0.6) is 46.0 Å². The lowest BCUT2D eigenvalue weighted by atomic mass is 9.85. The smallest absolute Gasteiger partial charge is 0.349 e. The number of nitrogens with one attached hydrogen (secondary N) is 10. The highest BCUT2D eigenvalue weighted by Gasteiger charge is 2.52. The standard InChI is InChI=1S/C83H93Cl3N14O27/c1-33(2)21-47(89-6)74(113)97-64-66(107)38-10-15-51(45(85)23-38)123-53-25-40-26-54(70(53)127-81-71(69(110)68(109)55(31-101)125-81)126-59-30-83(5,72(111)35(4)122-59)90-18-20-100-19-17-58(93-82(100)120)92-73(112)34(3)36-7-12-41(84)13-8-36)124-52-16-11-39(24-46(52)86)67(108)65-79(118)96-63(80(119)99-121-32-57(88)106)44-27-42(102)28-50(104)60(44)43-22-37(9-14-49(43)103)61(76(115)98-65)95-77(116)62(40)94-75(114)48(29-56(87)105)91-78(64)117/h7-17,19,22-28,33-35,47-48,55,59,61-69,71-72,81,89-90,101-104,107-111H,18,20-21,29-32H2,1-6H3,(H2,87,105)(H2,88,106)(H,91,117)(H,94,114)(H,95,116)(H,96,118)(H,97,113)(H,98,115)(H,99,119)(H,92,93,112,120). The summed E-state index contributed by atoms with van der Waals surface area (Å²) in [7, 11) is 1.46. The second kappa shape index (κ2) is 40.0. The second-order valence-electron chi connectivity index (χ2n) is 31.5. The first-order valence-electron chi connectivity index (χ1n) is 39.7. The fourth-order valence-corrected chi connectivity index (χ4v) is 15.7. The molecule has 127 heavy (non-hydrogen) atoms. The van der Waals surface area contributed by atoms with Crippen LogP contribution in [0.4, 0.5) is 5.82 Å². The van der Waals surface area contributed by atoms with E-state index in [0.717, 1.165) is 66.7 Å². The summed E-state index contributed by atoms with van der Waals surface area (Å²) in [5.41, 5.74) is 8.43. The zero-order chi connectivity index (χ0) is 92.1. The number of hydrogen-bond donors (Lipinski definition) is 21. The van der Waals surface area contributed by atoms with Gasteiger partial charge in [-0.2, -0.15) is 4.98 Å². The lowest BCUT2D eigenvalue weighted by Crippen LogP contribution is -2.65. The number of nitrogens with two attached hydrogens (primary N) is 2. The Morgan fingerprint density at radius 3 is 1.94 bits per heavy atom. The summed E-state index contributed by atoms with van der Waals surface area (Å²) >= 11 is 20.4. The fourth-order valence-electron chi connectivity index (χ4n) is 15.2. The molecule has 8 heterocycles. The number of carbonyl (C=O) groups is 10. The number of nitrogens with zero attached hydrogens (tertiary/aromatic N) is 2. The Morgan fingerprint density at radius 1 is 0.685 bits per heavy atom. The van der Waals surface area contributed by atoms with Gasteiger partial charge in [-0.05, 0) is 146 Å². The second-order valence-corrected chi connectivity index (χ2v) is 32.7. The Bertz CT molecular complexity index is 5450. The molecule has 1 aromatic heterocycles. The minimum Gasteiger partial charge on any atom is -0.508 e. The SMILES string of the molecule is CNC(CC(C)C)C(=O)NC1C(=O)NC(CC(N)=O)C(=O)NC2C(=O)NC3C(=O)NC(C(=O)NC(C(=O)NOCC(N)=O)c4cc(O)cc(O)c4-c4cc3ccc4O)C(O)c3ccc(c(Cl)c3)Oc3cc2cc(c3OC2OC(CO)C(O)C(O)C2OC2CC(C)(NCCn3ccc(NC(=O)C(C)c4ccc(Cl)cc4)nc3=O)C(O)C(C)O2)Oc2ccc(cc2Cl)C1O. The van der Waals surface area contributed by atoms with E-state index in [1.807, 2.05) is 5.48 Å². The fraction of sp³-hybridized carbons (Fsp3) is 0.398. The Balaban J connectivity index is 1.00. The number of hydroxylamine groups is 1. The van der Waals surface area contributed by atoms with Gasteiger partial charge in [-0.1, -0.05) is 79.0 Å². The number of ether oxygens (including phenoxy) is 6. The Hall–Kier alpha value is -11.9. The molecule has 7 aromatic rings. The van der Waals surface area contributed by atoms with Gasteiger partial charge < -0.3 is 134 Å². The molecule has 6 aromatic carbocycles. The van der Waals surface area contributed by atoms with E-state index in [4.69, 9.17) is 79.5 Å². The molecule has 10 amide bonds. The third-order valence-electron chi connectivity index (χ3n) is 21.9. The van der Waals surface area contributed by atoms with E-state index in [9.17, 15) is 74.7 Å². The molecule has 2 saturated heterocycles. The van der Waals surface area contributed by atoms with Gasteiger partial charge in [-0.25, -0.2) is 10.3 Å². The molecule has 14 rings (SSSR count). The number of carbonyl (C=O) groups excluding carboxylic acids is 10. The van der Waals surface area contributed by atoms with Crippen LogP contribution in [-0.4, -0.2) is 220 Å². The molecule has 41 nitrogen and oxygen atoms in total. The van der Waals surface area contributed by atoms with Crippen molar-refractivity contribution >= 4 is 99.7 Å². The highest BCUT2D eigenvalue weighted by Crippen LogP contribution is 2.50. The first-order chi connectivity index (χ1) is 60.2. The minimum atomic E-state index is -2.42. The van der Waals surface area contributed by atoms with Crippen LogP contribution in [-0.2, 0) is 73.5 Å². The molecule has 0 spiro atoms. The number of hydrogen-bond acceptors (Lipinski definition) is 30. The molecule has 678 valence electrons. The molecule has 19 unspecified atom stereocenters. The number of halogens is 3. The van der Waals surface area contributed by atoms with Crippen molar-refractivity contribution < 1.29 is 127 Å². The Labute approximate surface area is 737 Å². The number of benzene rings is 6. The van der Waals surface area contributed by atoms with Gasteiger partial charge in [0.1, 0.15) is 101 Å². The number of aliphatic hydroxyl groups excluding tert-OH is 6. The van der Waals surface area contributed by atoms with Gasteiger partial charge in [0, 0.05) is 53.5 Å². The molecule has 0 radical (unpaired) electrons. The van der Waals surface area contributed by atoms with Gasteiger partial charge in [-0.3, -0.25) is 57.4 Å². The summed E-state index contributed by atoms with van der Waals surface area (Å²) in [6, 6.07) is 6.87. The van der Waals surface area contributed by atoms with Crippen molar-refractivity contribution in [2.45, 2.75) is 176 Å². The zero-order valence-electron chi connectivity index (χ0n) is 68.4. The van der Waals surface area contributed by atoms with Crippen LogP contribution in [0.3, 0.4) is 0 Å². The number of phenols is 3. The third kappa shape index (κ3) is 21.5. The molecule has 2 fully saturated rings. The van der Waals surface area contributed by atoms with Gasteiger partial charge in [0.15, 0.2) is 30.5 Å². The van der Waals surface area contributed by atoms with E-state index >= 15 is 24.0 Å². The number of aromatic hydroxyl groups is 3. The summed E-state index contributed by atoms with van der Waals surface area (Å²) in [6.07, 6.45) is -18.3. The van der Waals surface area contributed by atoms with Crippen molar-refractivity contribution in [1.82, 2.24) is 57.6 Å². The van der Waals surface area contributed by atoms with Gasteiger partial charge in [-0.15, -0.1) is 0 Å². The Kier molecular flexibility index (Phi) is 29.6. The van der Waals surface area contributed by atoms with Crippen LogP contribution < -0.4 is 84.7 Å². The lowest BCUT2D eigenvalue weighted by Gasteiger charge is -2.48. The largest absolute Gasteiger partial charge is 0.508 e. The molecule has 44 heteroatoms. The summed E-state index contributed by atoms with van der Waals surface area (Å²) in [5, 5.41) is 130. The predicted octanol–water partition coefficient (Wildman–Crippen LogP) is 0.838. The van der Waals surface area contributed by atoms with Crippen LogP contribution >= 0.6 is 34.8 Å². The van der Waals surface area contributed by atoms with Gasteiger partial charge in [0.2, 0.25) is 65.2 Å². The first kappa shape index (κ1) is 94.2. The van der Waals surface area contributed by atoms with E-state index in [2.05, 4.69) is 52.8 Å². The molecule has 11 bridgehead atoms. The number of primary amides is 2. The maximum atomic E-state index is 16.3. The summed E-state index contributed by atoms with van der Waals surface area (Å²) in [6.45, 7) is 6.27. The van der Waals surface area contributed by atoms with Crippen molar-refractivity contribution in [2.75, 3.05) is 32.1 Å². The van der Waals surface area contributed by atoms with Crippen LogP contribution in [0.1, 0.15) is 124 Å². The highest BCUT2D eigenvalue weighted by molar-refractivity contribution is 6.32. The van der Waals surface area contributed by atoms with E-state index in [1.165, 1.54) is 42.9 Å². The minimum absolute atomic E-state index is 0.0293. The van der Waals surface area contributed by atoms with Crippen molar-refractivity contribution in [1.29, 1.82) is 0 Å². The third-order valence-corrected chi connectivity index (χ3v) is 22.7. The number of rotatable bonds is 23. The van der Waals surface area contributed by atoms with E-state index in [1.54, 1.807) is 52.0 Å². The average molecular weight is 1830 g/mol. The molecule has 0 aliphatic carbocycles. The Morgan fingerprint density at radius 2 is 1.32 bits per heavy atom. The molecular weight excluding hydrogens is 1730 g/mol. The number of aromatic nitrogens is 2. The normalized spacial score (nSPS) is 25.9. The maximum absolute atomic E-state index is 16.3. The van der Waals surface area contributed by atoms with Crippen molar-refractivity contribution in [3.05, 3.63) is 174 Å². The molecule has 23 N–H and O–H groups in total. The van der Waals surface area contributed by atoms with Gasteiger partial charge >= 0.3 is 5.69 Å². The zero-order valence-corrected chi connectivity index (χ0v) is 70.7. The van der Waals surface area contributed by atoms with Crippen molar-refractivity contribution in [3.63, 3.8) is 0 Å². The topological polar surface area (TPSA) is 625 Å². The van der Waals surface area contributed by atoms with Crippen LogP contribution in [0.25, 0.3) is 11.1 Å². The van der Waals surface area contributed by atoms with E-state index in [0.29, 0.717) is 10.6 Å². The molecule has 7 aliphatic rings. The number of amides is 10. The monoisotopic (exact) mass is 1820 g/mol. The van der Waals surface area contributed by atoms with Crippen LogP contribution in [0.2, 0.25) is 15.1 Å². The maximum Gasteiger partial charge on any atom is 0.349 e. The van der Waals surface area contributed by atoms with E-state index in [-0.39, 0.29) is 48.8 Å². The molecule has 7 aliphatic heterocycles. The summed E-state index contributed by atoms with van der Waals surface area (Å²) in [4.78, 5) is 168. The highest BCUT2D eigenvalue weighted by atomic mass is 35.5. The van der Waals surface area contributed by atoms with Gasteiger partial charge in [0.25, 0.3) is 5.91 Å². The van der Waals surface area contributed by atoms with Crippen LogP contribution in [0.15, 0.2) is 120 Å². The van der Waals surface area contributed by atoms with Crippen molar-refractivity contribution in [2.24, 2.45) is 17.4 Å². The lowest BCUT2D eigenvalue weighted by molar-refractivity contribution is -0.334. The van der Waals surface area contributed by atoms with E-state index < -0.39 is 283 Å². The number of anilines is 1. The summed E-state index contributed by atoms with van der Waals surface area (Å²) in [5.74, 6) is -18.4. The predicted molar refractivity (Wildman–Crippen MR) is 446 cm³/mol. The molecule has 19 atom stereocenters. The quantitative estimate of drug-likeness (QED) is 0.0395. The summed E-state index contributed by atoms with van der Waals surface area (Å²) < 4.78 is 40.6. The number of aliphatic hydroxyl groups is 6. The average Bonchev–Trinajstić information content (AvgIpc) is 0.764. The number of fused-ring (bicyclic) bond motifs is 15. The number of phenolic OH excluding ortho intramolecular Hbond substituents is 3. The number of likely N-dealkylation sites (N-methyl/N-ethyl adjacent to an activating group) is 1. The van der Waals surface area contributed by atoms with Gasteiger partial charge in [0.05, 0.1) is 47.2 Å². The molecule has 0 saturated carbocycles. The molecular formula is C83H93Cl3N14O27. The van der Waals surface area contributed by atoms with Crippen molar-refractivity contribution in [3.8, 4) is 57.1 Å². The first-order valence-corrected chi connectivity index (χ1v) is 40.9. The van der Waals surface area contributed by atoms with Crippen LogP contribution in [0, 0.1) is 5.92 Å².